The molecule has 0 saturated carbocycles. The van der Waals surface area contributed by atoms with E-state index >= 15 is 0 Å². The van der Waals surface area contributed by atoms with Gasteiger partial charge < -0.3 is 0 Å². The van der Waals surface area contributed by atoms with Crippen molar-refractivity contribution >= 4 is 46.8 Å². The van der Waals surface area contributed by atoms with Crippen LogP contribution in [-0.4, -0.2) is 39.3 Å². The number of carbonyl (C=O) groups excluding carboxylic acids is 2. The van der Waals surface area contributed by atoms with Crippen LogP contribution in [0, 0.1) is 6.57 Å². The minimum atomic E-state index is -0.497. The molecule has 1 aliphatic heterocycles. The van der Waals surface area contributed by atoms with E-state index in [0.717, 1.165) is 15.5 Å². The molecule has 7 nitrogen and oxygen atoms in total. The van der Waals surface area contributed by atoms with Crippen molar-refractivity contribution in [2.75, 3.05) is 17.9 Å². The van der Waals surface area contributed by atoms with Crippen molar-refractivity contribution in [3.63, 3.8) is 0 Å². The van der Waals surface area contributed by atoms with Crippen molar-refractivity contribution in [2.45, 2.75) is 16.8 Å². The van der Waals surface area contributed by atoms with E-state index in [2.05, 4.69) is 20.2 Å². The van der Waals surface area contributed by atoms with Crippen molar-refractivity contribution in [3.8, 4) is 11.4 Å². The lowest BCUT2D eigenvalue weighted by Gasteiger charge is -2.18. The molecule has 1 N–H and O–H groups in total. The zero-order valence-electron chi connectivity index (χ0n) is 14.8. The van der Waals surface area contributed by atoms with Crippen LogP contribution in [0.5, 0.6) is 0 Å². The van der Waals surface area contributed by atoms with E-state index in [1.54, 1.807) is 24.9 Å². The molecule has 0 radical (unpaired) electrons. The zero-order valence-corrected chi connectivity index (χ0v) is 16.4. The summed E-state index contributed by atoms with van der Waals surface area (Å²) < 4.78 is 0. The number of thioether (sulfide) groups is 2. The summed E-state index contributed by atoms with van der Waals surface area (Å²) in [4.78, 5) is 37.6. The minimum Gasteiger partial charge on any atom is -0.281 e. The number of carbonyl (C=O) groups is 2. The van der Waals surface area contributed by atoms with Crippen LogP contribution in [0.15, 0.2) is 45.8 Å². The second-order valence-corrected chi connectivity index (χ2v) is 7.19. The maximum atomic E-state index is 12.1. The van der Waals surface area contributed by atoms with E-state index < -0.39 is 11.8 Å². The van der Waals surface area contributed by atoms with E-state index in [1.165, 1.54) is 17.8 Å². The molecule has 3 rings (SSSR count). The average molecular weight is 397 g/mol. The smallest absolute Gasteiger partial charge is 0.275 e. The summed E-state index contributed by atoms with van der Waals surface area (Å²) in [5, 5.41) is 1.33. The predicted molar refractivity (Wildman–Crippen MR) is 107 cm³/mol. The molecule has 9 heteroatoms. The Balaban J connectivity index is 2.05. The maximum Gasteiger partial charge on any atom is 0.275 e. The number of aromatic nitrogens is 2. The first kappa shape index (κ1) is 18.9. The number of rotatable bonds is 5. The molecule has 0 atom stereocenters. The summed E-state index contributed by atoms with van der Waals surface area (Å²) in [5.74, 6) is -0.432. The van der Waals surface area contributed by atoms with Crippen molar-refractivity contribution in [2.24, 2.45) is 0 Å². The van der Waals surface area contributed by atoms with Crippen LogP contribution in [0.3, 0.4) is 0 Å². The van der Waals surface area contributed by atoms with Gasteiger partial charge in [-0.2, -0.15) is 5.01 Å². The number of benzene rings is 1. The van der Waals surface area contributed by atoms with Gasteiger partial charge in [-0.1, -0.05) is 12.1 Å². The van der Waals surface area contributed by atoms with Gasteiger partial charge in [0, 0.05) is 22.1 Å². The average Bonchev–Trinajstić information content (AvgIpc) is 2.93. The number of hydrogen-bond donors (Lipinski definition) is 1. The number of nitrogens with one attached hydrogen (secondary N) is 1. The molecule has 1 aliphatic rings. The van der Waals surface area contributed by atoms with Crippen molar-refractivity contribution < 1.29 is 9.59 Å². The molecule has 0 unspecified atom stereocenters. The number of hydrogen-bond acceptors (Lipinski definition) is 7. The molecule has 0 aliphatic carbocycles. The monoisotopic (exact) mass is 397 g/mol. The zero-order chi connectivity index (χ0) is 19.6. The number of hydrazine groups is 1. The fourth-order valence-corrected chi connectivity index (χ4v) is 3.35. The second-order valence-electron chi connectivity index (χ2n) is 5.51. The normalized spacial score (nSPS) is 13.6. The molecule has 0 bridgehead atoms. The maximum absolute atomic E-state index is 12.1. The second kappa shape index (κ2) is 7.82. The van der Waals surface area contributed by atoms with Crippen LogP contribution in [0.25, 0.3) is 16.2 Å². The Kier molecular flexibility index (Phi) is 5.48. The van der Waals surface area contributed by atoms with E-state index in [9.17, 15) is 9.59 Å². The van der Waals surface area contributed by atoms with Crippen molar-refractivity contribution in [1.29, 1.82) is 0 Å². The molecule has 1 aromatic carbocycles. The molecule has 0 fully saturated rings. The van der Waals surface area contributed by atoms with Gasteiger partial charge in [0.25, 0.3) is 17.5 Å². The third kappa shape index (κ3) is 3.67. The summed E-state index contributed by atoms with van der Waals surface area (Å²) in [7, 11) is 0. The Morgan fingerprint density at radius 1 is 1.11 bits per heavy atom. The Morgan fingerprint density at radius 2 is 1.81 bits per heavy atom. The SMILES string of the molecule is [C-]#[N+]c1c(NN2C(=O)C=C(C)C2=O)nc(-c2ccc(SC)cc2)nc1SC. The first-order chi connectivity index (χ1) is 13.0. The minimum absolute atomic E-state index is 0.123. The third-order valence-corrected chi connectivity index (χ3v) is 5.24. The molecule has 27 heavy (non-hydrogen) atoms. The van der Waals surface area contributed by atoms with E-state index in [4.69, 9.17) is 6.57 Å². The van der Waals surface area contributed by atoms with Crippen LogP contribution in [-0.2, 0) is 9.59 Å². The van der Waals surface area contributed by atoms with Crippen molar-refractivity contribution in [1.82, 2.24) is 15.0 Å². The molecule has 2 amide bonds. The van der Waals surface area contributed by atoms with Crippen molar-refractivity contribution in [3.05, 3.63) is 47.3 Å². The fourth-order valence-electron chi connectivity index (χ4n) is 2.42. The molecule has 136 valence electrons. The summed E-state index contributed by atoms with van der Waals surface area (Å²) in [6.07, 6.45) is 5.04. The Labute approximate surface area is 165 Å². The lowest BCUT2D eigenvalue weighted by Crippen LogP contribution is -2.36. The number of nitrogens with zero attached hydrogens (tertiary/aromatic N) is 4. The first-order valence-electron chi connectivity index (χ1n) is 7.79. The van der Waals surface area contributed by atoms with Gasteiger partial charge in [-0.05, 0) is 31.6 Å². The van der Waals surface area contributed by atoms with Crippen LogP contribution < -0.4 is 5.43 Å². The van der Waals surface area contributed by atoms with Crippen LogP contribution in [0.1, 0.15) is 6.92 Å². The summed E-state index contributed by atoms with van der Waals surface area (Å²) in [5.41, 5.74) is 3.96. The largest absolute Gasteiger partial charge is 0.281 e. The molecule has 2 aromatic rings. The van der Waals surface area contributed by atoms with Gasteiger partial charge in [0.05, 0.1) is 6.57 Å². The molecular weight excluding hydrogens is 382 g/mol. The number of amides is 2. The Morgan fingerprint density at radius 3 is 2.33 bits per heavy atom. The number of anilines is 1. The summed E-state index contributed by atoms with van der Waals surface area (Å²) in [6.45, 7) is 9.02. The highest BCUT2D eigenvalue weighted by Gasteiger charge is 2.30. The Bertz CT molecular complexity index is 996. The topological polar surface area (TPSA) is 79.5 Å². The van der Waals surface area contributed by atoms with E-state index in [1.807, 2.05) is 30.5 Å². The van der Waals surface area contributed by atoms with Gasteiger partial charge >= 0.3 is 0 Å². The van der Waals surface area contributed by atoms with Crippen LogP contribution >= 0.6 is 23.5 Å². The summed E-state index contributed by atoms with van der Waals surface area (Å²) >= 11 is 2.93. The highest BCUT2D eigenvalue weighted by molar-refractivity contribution is 7.98. The molecule has 1 aromatic heterocycles. The summed E-state index contributed by atoms with van der Waals surface area (Å²) in [6, 6.07) is 7.70. The van der Waals surface area contributed by atoms with Crippen LogP contribution in [0.4, 0.5) is 11.5 Å². The van der Waals surface area contributed by atoms with Gasteiger partial charge in [-0.3, -0.25) is 15.0 Å². The van der Waals surface area contributed by atoms with E-state index in [-0.39, 0.29) is 11.5 Å². The van der Waals surface area contributed by atoms with Gasteiger partial charge in [0.2, 0.25) is 0 Å². The van der Waals surface area contributed by atoms with E-state index in [0.29, 0.717) is 16.4 Å². The molecule has 0 spiro atoms. The number of imide groups is 1. The Hall–Kier alpha value is -2.83. The molecule has 0 saturated heterocycles. The molecular formula is C18H15N5O2S2. The first-order valence-corrected chi connectivity index (χ1v) is 10.2. The highest BCUT2D eigenvalue weighted by Crippen LogP contribution is 2.35. The van der Waals surface area contributed by atoms with Gasteiger partial charge in [0.1, 0.15) is 5.03 Å². The lowest BCUT2D eigenvalue weighted by molar-refractivity contribution is -0.135. The quantitative estimate of drug-likeness (QED) is 0.356. The lowest BCUT2D eigenvalue weighted by atomic mass is 10.2. The van der Waals surface area contributed by atoms with Gasteiger partial charge in [0.15, 0.2) is 11.6 Å². The standard InChI is InChI=1S/C18H15N5O2S2/c1-10-9-13(24)23(18(10)25)22-16-14(19-2)17(27-4)21-15(20-16)11-5-7-12(26-3)8-6-11/h5-9H,1,3-4H3,(H,20,21,22). The fraction of sp³-hybridized carbons (Fsp3) is 0.167. The predicted octanol–water partition coefficient (Wildman–Crippen LogP) is 3.78. The van der Waals surface area contributed by atoms with Gasteiger partial charge in [-0.15, -0.1) is 23.5 Å². The van der Waals surface area contributed by atoms with Crippen LogP contribution in [0.2, 0.25) is 0 Å². The highest BCUT2D eigenvalue weighted by atomic mass is 32.2. The van der Waals surface area contributed by atoms with Gasteiger partial charge in [-0.25, -0.2) is 14.8 Å². The molecule has 2 heterocycles. The third-order valence-electron chi connectivity index (χ3n) is 3.82.